The van der Waals surface area contributed by atoms with Crippen molar-refractivity contribution in [2.75, 3.05) is 0 Å². The maximum Gasteiger partial charge on any atom is 0.520 e. The number of fused-ring (bicyclic) bond motifs is 1. The van der Waals surface area contributed by atoms with E-state index in [1.807, 2.05) is 6.07 Å². The lowest BCUT2D eigenvalue weighted by atomic mass is 10.1. The number of hydrogen-bond acceptors (Lipinski definition) is 6. The summed E-state index contributed by atoms with van der Waals surface area (Å²) >= 11 is 0. The fraction of sp³-hybridized carbons (Fsp3) is 0.0417. The van der Waals surface area contributed by atoms with Gasteiger partial charge in [-0.05, 0) is 30.3 Å². The van der Waals surface area contributed by atoms with Crippen molar-refractivity contribution in [3.8, 4) is 23.4 Å². The molecule has 0 aliphatic rings. The Morgan fingerprint density at radius 1 is 0.774 bits per heavy atom. The van der Waals surface area contributed by atoms with Gasteiger partial charge in [-0.1, -0.05) is 54.6 Å². The smallest absolute Gasteiger partial charge is 0.410 e. The van der Waals surface area contributed by atoms with Gasteiger partial charge < -0.3 is 14.2 Å². The van der Waals surface area contributed by atoms with Gasteiger partial charge >= 0.3 is 12.2 Å². The first-order valence-electron chi connectivity index (χ1n) is 9.38. The Hall–Kier alpha value is -4.57. The van der Waals surface area contributed by atoms with Crippen LogP contribution in [0.4, 0.5) is 9.59 Å². The van der Waals surface area contributed by atoms with Crippen molar-refractivity contribution in [3.63, 3.8) is 0 Å². The average Bonchev–Trinajstić information content (AvgIpc) is 3.08. The Kier molecular flexibility index (Phi) is 5.63. The van der Waals surface area contributed by atoms with Crippen LogP contribution in [0.2, 0.25) is 0 Å². The number of carbonyl (C=O) groups is 2. The summed E-state index contributed by atoms with van der Waals surface area (Å²) in [6.45, 7) is 0. The first-order valence-corrected chi connectivity index (χ1v) is 9.38. The summed E-state index contributed by atoms with van der Waals surface area (Å²) in [5.74, 6) is 0.485. The number of rotatable bonds is 4. The summed E-state index contributed by atoms with van der Waals surface area (Å²) in [6.07, 6.45) is -1.91. The average molecular weight is 412 g/mol. The van der Waals surface area contributed by atoms with Gasteiger partial charge in [0.05, 0.1) is 18.0 Å². The predicted octanol–water partition coefficient (Wildman–Crippen LogP) is 5.33. The van der Waals surface area contributed by atoms with Crippen molar-refractivity contribution >= 4 is 23.2 Å². The molecule has 0 atom stereocenters. The SMILES string of the molecule is N#CCc1c(OC(=O)Oc2ccccc2)n(C(=O)Oc2ccccc2)c2ccccc12. The number of para-hydroxylation sites is 3. The fourth-order valence-corrected chi connectivity index (χ4v) is 3.14. The summed E-state index contributed by atoms with van der Waals surface area (Å²) in [5, 5.41) is 9.90. The number of benzene rings is 3. The highest BCUT2D eigenvalue weighted by Gasteiger charge is 2.26. The van der Waals surface area contributed by atoms with Crippen molar-refractivity contribution in [2.24, 2.45) is 0 Å². The number of ether oxygens (including phenoxy) is 3. The second-order valence-electron chi connectivity index (χ2n) is 6.42. The number of aromatic nitrogens is 1. The Morgan fingerprint density at radius 3 is 2.00 bits per heavy atom. The number of nitrogens with zero attached hydrogens (tertiary/aromatic N) is 2. The normalized spacial score (nSPS) is 10.3. The molecule has 0 spiro atoms. The number of hydrogen-bond donors (Lipinski definition) is 0. The van der Waals surface area contributed by atoms with E-state index in [4.69, 9.17) is 14.2 Å². The molecule has 31 heavy (non-hydrogen) atoms. The van der Waals surface area contributed by atoms with E-state index in [9.17, 15) is 14.9 Å². The first-order chi connectivity index (χ1) is 15.2. The summed E-state index contributed by atoms with van der Waals surface area (Å²) in [6, 6.07) is 25.8. The third-order valence-electron chi connectivity index (χ3n) is 4.44. The highest BCUT2D eigenvalue weighted by Crippen LogP contribution is 2.33. The third kappa shape index (κ3) is 4.23. The predicted molar refractivity (Wildman–Crippen MR) is 112 cm³/mol. The number of nitriles is 1. The van der Waals surface area contributed by atoms with Gasteiger partial charge in [0.25, 0.3) is 0 Å². The molecule has 0 saturated carbocycles. The van der Waals surface area contributed by atoms with Gasteiger partial charge in [0.2, 0.25) is 5.88 Å². The Bertz CT molecular complexity index is 1270. The van der Waals surface area contributed by atoms with Gasteiger partial charge in [-0.25, -0.2) is 14.2 Å². The largest absolute Gasteiger partial charge is 0.520 e. The van der Waals surface area contributed by atoms with E-state index < -0.39 is 12.2 Å². The van der Waals surface area contributed by atoms with Crippen LogP contribution in [0.1, 0.15) is 5.56 Å². The van der Waals surface area contributed by atoms with Crippen LogP contribution in [-0.2, 0) is 6.42 Å². The fourth-order valence-electron chi connectivity index (χ4n) is 3.14. The Labute approximate surface area is 177 Å². The molecule has 4 rings (SSSR count). The maximum atomic E-state index is 13.0. The minimum atomic E-state index is -1.04. The highest BCUT2D eigenvalue weighted by molar-refractivity contribution is 5.96. The lowest BCUT2D eigenvalue weighted by molar-refractivity contribution is 0.147. The maximum absolute atomic E-state index is 13.0. The van der Waals surface area contributed by atoms with Crippen molar-refractivity contribution in [3.05, 3.63) is 90.5 Å². The first kappa shape index (κ1) is 19.7. The van der Waals surface area contributed by atoms with Crippen molar-refractivity contribution in [1.29, 1.82) is 5.26 Å². The van der Waals surface area contributed by atoms with Crippen LogP contribution in [0.3, 0.4) is 0 Å². The molecule has 0 aliphatic carbocycles. The molecule has 0 amide bonds. The molecule has 1 heterocycles. The summed E-state index contributed by atoms with van der Waals surface area (Å²) in [5.41, 5.74) is 0.823. The van der Waals surface area contributed by atoms with Crippen molar-refractivity contribution in [2.45, 2.75) is 6.42 Å². The van der Waals surface area contributed by atoms with Crippen LogP contribution in [-0.4, -0.2) is 16.8 Å². The van der Waals surface area contributed by atoms with Crippen molar-refractivity contribution in [1.82, 2.24) is 4.57 Å². The molecule has 0 N–H and O–H groups in total. The Balaban J connectivity index is 1.75. The molecular formula is C24H16N2O5. The minimum absolute atomic E-state index is 0.0833. The zero-order valence-electron chi connectivity index (χ0n) is 16.2. The summed E-state index contributed by atoms with van der Waals surface area (Å²) in [4.78, 5) is 25.5. The van der Waals surface area contributed by atoms with E-state index in [-0.39, 0.29) is 18.1 Å². The lowest BCUT2D eigenvalue weighted by Crippen LogP contribution is -2.22. The summed E-state index contributed by atoms with van der Waals surface area (Å²) in [7, 11) is 0. The second-order valence-corrected chi connectivity index (χ2v) is 6.42. The van der Waals surface area contributed by atoms with E-state index in [1.54, 1.807) is 84.9 Å². The zero-order chi connectivity index (χ0) is 21.6. The van der Waals surface area contributed by atoms with E-state index in [0.29, 0.717) is 22.2 Å². The van der Waals surface area contributed by atoms with Crippen LogP contribution >= 0.6 is 0 Å². The van der Waals surface area contributed by atoms with E-state index >= 15 is 0 Å². The molecule has 0 fully saturated rings. The highest BCUT2D eigenvalue weighted by atomic mass is 16.7. The number of carbonyl (C=O) groups excluding carboxylic acids is 2. The molecule has 1 aromatic heterocycles. The molecule has 4 aromatic rings. The second kappa shape index (κ2) is 8.84. The molecule has 152 valence electrons. The topological polar surface area (TPSA) is 90.5 Å². The molecule has 0 saturated heterocycles. The summed E-state index contributed by atoms with van der Waals surface area (Å²) < 4.78 is 17.2. The minimum Gasteiger partial charge on any atom is -0.410 e. The lowest BCUT2D eigenvalue weighted by Gasteiger charge is -2.11. The van der Waals surface area contributed by atoms with E-state index in [1.165, 1.54) is 0 Å². The third-order valence-corrected chi connectivity index (χ3v) is 4.44. The van der Waals surface area contributed by atoms with Gasteiger partial charge in [0, 0.05) is 10.9 Å². The Morgan fingerprint density at radius 2 is 1.35 bits per heavy atom. The standard InChI is InChI=1S/C24H16N2O5/c25-16-15-20-19-13-7-8-14-21(19)26(23(27)29-17-9-3-1-4-10-17)22(20)31-24(28)30-18-11-5-2-6-12-18/h1-14H,15H2. The monoisotopic (exact) mass is 412 g/mol. The van der Waals surface area contributed by atoms with E-state index in [2.05, 4.69) is 0 Å². The molecule has 0 bridgehead atoms. The van der Waals surface area contributed by atoms with Gasteiger partial charge in [-0.15, -0.1) is 0 Å². The van der Waals surface area contributed by atoms with Crippen LogP contribution in [0.25, 0.3) is 10.9 Å². The molecular weight excluding hydrogens is 396 g/mol. The zero-order valence-corrected chi connectivity index (χ0v) is 16.2. The van der Waals surface area contributed by atoms with Gasteiger partial charge in [-0.2, -0.15) is 5.26 Å². The van der Waals surface area contributed by atoms with Crippen LogP contribution < -0.4 is 14.2 Å². The van der Waals surface area contributed by atoms with Gasteiger partial charge in [-0.3, -0.25) is 0 Å². The van der Waals surface area contributed by atoms with Gasteiger partial charge in [0.1, 0.15) is 11.5 Å². The molecule has 0 unspecified atom stereocenters. The molecule has 0 radical (unpaired) electrons. The van der Waals surface area contributed by atoms with Crippen LogP contribution in [0, 0.1) is 11.3 Å². The molecule has 0 aliphatic heterocycles. The van der Waals surface area contributed by atoms with E-state index in [0.717, 1.165) is 4.57 Å². The molecule has 7 nitrogen and oxygen atoms in total. The van der Waals surface area contributed by atoms with Crippen molar-refractivity contribution < 1.29 is 23.8 Å². The molecule has 3 aromatic carbocycles. The van der Waals surface area contributed by atoms with Crippen LogP contribution in [0.5, 0.6) is 17.4 Å². The quantitative estimate of drug-likeness (QED) is 0.332. The van der Waals surface area contributed by atoms with Crippen LogP contribution in [0.15, 0.2) is 84.9 Å². The van der Waals surface area contributed by atoms with Gasteiger partial charge in [0.15, 0.2) is 0 Å². The molecule has 7 heteroatoms.